The Morgan fingerprint density at radius 2 is 1.76 bits per heavy atom. The SMILES string of the molecule is CCCNC(=O)N1CCN(C(=O)CSC)CC1. The first-order chi connectivity index (χ1) is 8.19. The molecular formula is C11H21N3O2S. The molecule has 0 unspecified atom stereocenters. The molecular weight excluding hydrogens is 238 g/mol. The number of hydrogen-bond donors (Lipinski definition) is 1. The van der Waals surface area contributed by atoms with Gasteiger partial charge in [0.15, 0.2) is 0 Å². The Morgan fingerprint density at radius 3 is 2.29 bits per heavy atom. The van der Waals surface area contributed by atoms with Gasteiger partial charge < -0.3 is 15.1 Å². The highest BCUT2D eigenvalue weighted by Crippen LogP contribution is 2.05. The quantitative estimate of drug-likeness (QED) is 0.805. The number of urea groups is 1. The van der Waals surface area contributed by atoms with Gasteiger partial charge in [-0.25, -0.2) is 4.79 Å². The highest BCUT2D eigenvalue weighted by atomic mass is 32.2. The van der Waals surface area contributed by atoms with E-state index in [1.807, 2.05) is 18.1 Å². The summed E-state index contributed by atoms with van der Waals surface area (Å²) in [6.07, 6.45) is 2.87. The molecule has 0 radical (unpaired) electrons. The van der Waals surface area contributed by atoms with Gasteiger partial charge in [-0.05, 0) is 12.7 Å². The molecule has 1 saturated heterocycles. The summed E-state index contributed by atoms with van der Waals surface area (Å²) in [6.45, 7) is 5.31. The van der Waals surface area contributed by atoms with Crippen LogP contribution in [0.4, 0.5) is 4.79 Å². The van der Waals surface area contributed by atoms with Crippen molar-refractivity contribution < 1.29 is 9.59 Å². The van der Waals surface area contributed by atoms with Gasteiger partial charge in [0.05, 0.1) is 5.75 Å². The van der Waals surface area contributed by atoms with Crippen LogP contribution in [0.2, 0.25) is 0 Å². The van der Waals surface area contributed by atoms with Crippen molar-refractivity contribution in [3.05, 3.63) is 0 Å². The van der Waals surface area contributed by atoms with Crippen molar-refractivity contribution in [3.63, 3.8) is 0 Å². The van der Waals surface area contributed by atoms with Crippen molar-refractivity contribution in [1.82, 2.24) is 15.1 Å². The number of nitrogens with one attached hydrogen (secondary N) is 1. The molecule has 6 heteroatoms. The molecule has 5 nitrogen and oxygen atoms in total. The summed E-state index contributed by atoms with van der Waals surface area (Å²) in [4.78, 5) is 26.9. The normalized spacial score (nSPS) is 15.9. The Kier molecular flexibility index (Phi) is 6.18. The lowest BCUT2D eigenvalue weighted by molar-refractivity contribution is -0.129. The van der Waals surface area contributed by atoms with Gasteiger partial charge in [0.25, 0.3) is 0 Å². The van der Waals surface area contributed by atoms with Crippen LogP contribution in [-0.4, -0.2) is 66.5 Å². The largest absolute Gasteiger partial charge is 0.338 e. The van der Waals surface area contributed by atoms with E-state index in [0.717, 1.165) is 6.42 Å². The number of carbonyl (C=O) groups excluding carboxylic acids is 2. The van der Waals surface area contributed by atoms with Crippen LogP contribution in [0.1, 0.15) is 13.3 Å². The first-order valence-electron chi connectivity index (χ1n) is 5.98. The summed E-state index contributed by atoms with van der Waals surface area (Å²) in [5.74, 6) is 0.702. The van der Waals surface area contributed by atoms with E-state index >= 15 is 0 Å². The molecule has 1 rings (SSSR count). The summed E-state index contributed by atoms with van der Waals surface area (Å²) in [5.41, 5.74) is 0. The van der Waals surface area contributed by atoms with E-state index in [2.05, 4.69) is 5.32 Å². The fraction of sp³-hybridized carbons (Fsp3) is 0.818. The summed E-state index contributed by atoms with van der Waals surface area (Å²) >= 11 is 1.54. The minimum absolute atomic E-state index is 0.0104. The minimum atomic E-state index is -0.0104. The highest BCUT2D eigenvalue weighted by Gasteiger charge is 2.23. The molecule has 1 aliphatic rings. The Balaban J connectivity index is 2.30. The van der Waals surface area contributed by atoms with Crippen molar-refractivity contribution in [2.75, 3.05) is 44.7 Å². The lowest BCUT2D eigenvalue weighted by Crippen LogP contribution is -2.53. The van der Waals surface area contributed by atoms with Crippen LogP contribution in [0.5, 0.6) is 0 Å². The maximum absolute atomic E-state index is 11.7. The third-order valence-electron chi connectivity index (χ3n) is 2.71. The van der Waals surface area contributed by atoms with Crippen molar-refractivity contribution in [2.45, 2.75) is 13.3 Å². The first kappa shape index (κ1) is 14.2. The molecule has 0 aliphatic carbocycles. The molecule has 1 fully saturated rings. The van der Waals surface area contributed by atoms with Gasteiger partial charge in [0.2, 0.25) is 5.91 Å². The molecule has 0 aromatic heterocycles. The number of amides is 3. The number of hydrogen-bond acceptors (Lipinski definition) is 3. The second kappa shape index (κ2) is 7.42. The average molecular weight is 259 g/mol. The van der Waals surface area contributed by atoms with Crippen LogP contribution < -0.4 is 5.32 Å². The third-order valence-corrected chi connectivity index (χ3v) is 3.25. The number of carbonyl (C=O) groups is 2. The third kappa shape index (κ3) is 4.46. The maximum atomic E-state index is 11.7. The first-order valence-corrected chi connectivity index (χ1v) is 7.38. The number of nitrogens with zero attached hydrogens (tertiary/aromatic N) is 2. The van der Waals surface area contributed by atoms with E-state index in [4.69, 9.17) is 0 Å². The van der Waals surface area contributed by atoms with Crippen LogP contribution >= 0.6 is 11.8 Å². The summed E-state index contributed by atoms with van der Waals surface area (Å²) in [5, 5.41) is 2.85. The summed E-state index contributed by atoms with van der Waals surface area (Å²) < 4.78 is 0. The van der Waals surface area contributed by atoms with Crippen molar-refractivity contribution >= 4 is 23.7 Å². The van der Waals surface area contributed by atoms with E-state index in [1.165, 1.54) is 11.8 Å². The predicted octanol–water partition coefficient (Wildman–Crippen LogP) is 0.613. The van der Waals surface area contributed by atoms with E-state index in [1.54, 1.807) is 4.90 Å². The van der Waals surface area contributed by atoms with E-state index in [-0.39, 0.29) is 11.9 Å². The zero-order chi connectivity index (χ0) is 12.7. The number of thioether (sulfide) groups is 1. The van der Waals surface area contributed by atoms with Crippen molar-refractivity contribution in [1.29, 1.82) is 0 Å². The fourth-order valence-corrected chi connectivity index (χ4v) is 2.15. The monoisotopic (exact) mass is 259 g/mol. The zero-order valence-corrected chi connectivity index (χ0v) is 11.4. The second-order valence-corrected chi connectivity index (χ2v) is 4.90. The van der Waals surface area contributed by atoms with Crippen molar-refractivity contribution in [2.24, 2.45) is 0 Å². The van der Waals surface area contributed by atoms with Crippen LogP contribution in [0.15, 0.2) is 0 Å². The molecule has 0 saturated carbocycles. The van der Waals surface area contributed by atoms with Gasteiger partial charge in [-0.2, -0.15) is 11.8 Å². The molecule has 1 N–H and O–H groups in total. The van der Waals surface area contributed by atoms with Crippen LogP contribution in [0.3, 0.4) is 0 Å². The standard InChI is InChI=1S/C11H21N3O2S/c1-3-4-12-11(16)14-7-5-13(6-8-14)10(15)9-17-2/h3-9H2,1-2H3,(H,12,16). The molecule has 0 atom stereocenters. The molecule has 1 aliphatic heterocycles. The van der Waals surface area contributed by atoms with E-state index in [0.29, 0.717) is 38.5 Å². The Hall–Kier alpha value is -0.910. The average Bonchev–Trinajstić information content (AvgIpc) is 2.36. The smallest absolute Gasteiger partial charge is 0.317 e. The van der Waals surface area contributed by atoms with Crippen LogP contribution in [0.25, 0.3) is 0 Å². The Labute approximate surface area is 107 Å². The van der Waals surface area contributed by atoms with Crippen LogP contribution in [-0.2, 0) is 4.79 Å². The van der Waals surface area contributed by atoms with Gasteiger partial charge >= 0.3 is 6.03 Å². The van der Waals surface area contributed by atoms with Gasteiger partial charge in [0.1, 0.15) is 0 Å². The van der Waals surface area contributed by atoms with Gasteiger partial charge in [0, 0.05) is 32.7 Å². The molecule has 3 amide bonds. The summed E-state index contributed by atoms with van der Waals surface area (Å²) in [7, 11) is 0. The fourth-order valence-electron chi connectivity index (χ4n) is 1.72. The van der Waals surface area contributed by atoms with E-state index in [9.17, 15) is 9.59 Å². The highest BCUT2D eigenvalue weighted by molar-refractivity contribution is 7.99. The Bertz CT molecular complexity index is 265. The lowest BCUT2D eigenvalue weighted by atomic mass is 10.3. The predicted molar refractivity (Wildman–Crippen MR) is 70.2 cm³/mol. The second-order valence-electron chi connectivity index (χ2n) is 4.03. The van der Waals surface area contributed by atoms with Crippen molar-refractivity contribution in [3.8, 4) is 0 Å². The molecule has 0 bridgehead atoms. The Morgan fingerprint density at radius 1 is 1.18 bits per heavy atom. The maximum Gasteiger partial charge on any atom is 0.317 e. The number of rotatable bonds is 4. The van der Waals surface area contributed by atoms with Gasteiger partial charge in [-0.1, -0.05) is 6.92 Å². The molecule has 1 heterocycles. The zero-order valence-electron chi connectivity index (χ0n) is 10.6. The molecule has 0 aromatic rings. The van der Waals surface area contributed by atoms with Gasteiger partial charge in [-0.3, -0.25) is 4.79 Å². The van der Waals surface area contributed by atoms with Crippen LogP contribution in [0, 0.1) is 0 Å². The lowest BCUT2D eigenvalue weighted by Gasteiger charge is -2.34. The summed E-state index contributed by atoms with van der Waals surface area (Å²) in [6, 6.07) is -0.0104. The molecule has 98 valence electrons. The molecule has 0 spiro atoms. The molecule has 17 heavy (non-hydrogen) atoms. The van der Waals surface area contributed by atoms with Gasteiger partial charge in [-0.15, -0.1) is 0 Å². The number of piperazine rings is 1. The van der Waals surface area contributed by atoms with E-state index < -0.39 is 0 Å². The topological polar surface area (TPSA) is 52.7 Å². The molecule has 0 aromatic carbocycles. The minimum Gasteiger partial charge on any atom is -0.338 e.